The summed E-state index contributed by atoms with van der Waals surface area (Å²) in [6, 6.07) is 8.78. The average molecular weight is 273 g/mol. The third-order valence-corrected chi connectivity index (χ3v) is 2.87. The van der Waals surface area contributed by atoms with E-state index < -0.39 is 0 Å². The number of rotatable bonds is 4. The Balaban J connectivity index is 2.12. The number of nitrogens with zero attached hydrogens (tertiary/aromatic N) is 2. The fourth-order valence-corrected chi connectivity index (χ4v) is 1.84. The number of carbonyl (C=O) groups is 1. The number of hydrogen-bond acceptors (Lipinski definition) is 4. The zero-order chi connectivity index (χ0) is 14.5. The summed E-state index contributed by atoms with van der Waals surface area (Å²) in [6.45, 7) is 0.413. The second-order valence-electron chi connectivity index (χ2n) is 4.36. The van der Waals surface area contributed by atoms with Crippen molar-refractivity contribution in [1.82, 2.24) is 4.90 Å². The molecule has 0 aliphatic rings. The second-order valence-corrected chi connectivity index (χ2v) is 4.36. The molecular weight excluding hydrogens is 258 g/mol. The lowest BCUT2D eigenvalue weighted by Crippen LogP contribution is -2.26. The molecule has 0 radical (unpaired) electrons. The van der Waals surface area contributed by atoms with Crippen LogP contribution in [0, 0.1) is 0 Å². The summed E-state index contributed by atoms with van der Waals surface area (Å²) in [5.41, 5.74) is 7.53. The monoisotopic (exact) mass is 273 g/mol. The molecule has 0 aliphatic carbocycles. The predicted octanol–water partition coefficient (Wildman–Crippen LogP) is 1.65. The molecule has 1 amide bonds. The van der Waals surface area contributed by atoms with Crippen LogP contribution in [0.15, 0.2) is 52.4 Å². The van der Waals surface area contributed by atoms with Gasteiger partial charge in [-0.15, -0.1) is 0 Å². The lowest BCUT2D eigenvalue weighted by Gasteiger charge is -2.16. The van der Waals surface area contributed by atoms with Crippen LogP contribution in [0.3, 0.4) is 0 Å². The molecular formula is C14H15N3O3. The quantitative estimate of drug-likeness (QED) is 0.383. The van der Waals surface area contributed by atoms with Gasteiger partial charge in [0, 0.05) is 19.2 Å². The number of amides is 1. The number of amidine groups is 1. The van der Waals surface area contributed by atoms with Crippen molar-refractivity contribution in [3.63, 3.8) is 0 Å². The van der Waals surface area contributed by atoms with Gasteiger partial charge in [-0.25, -0.2) is 0 Å². The summed E-state index contributed by atoms with van der Waals surface area (Å²) < 4.78 is 4.89. The van der Waals surface area contributed by atoms with Crippen molar-refractivity contribution in [2.45, 2.75) is 6.54 Å². The van der Waals surface area contributed by atoms with Gasteiger partial charge in [0.2, 0.25) is 0 Å². The topological polar surface area (TPSA) is 92.1 Å². The van der Waals surface area contributed by atoms with Crippen LogP contribution in [0.2, 0.25) is 0 Å². The molecule has 0 saturated heterocycles. The van der Waals surface area contributed by atoms with Gasteiger partial charge >= 0.3 is 0 Å². The maximum atomic E-state index is 12.1. The van der Waals surface area contributed by atoms with E-state index in [0.717, 1.165) is 5.56 Å². The molecule has 0 atom stereocenters. The highest BCUT2D eigenvalue weighted by atomic mass is 16.4. The highest BCUT2D eigenvalue weighted by molar-refractivity contribution is 5.97. The smallest absolute Gasteiger partial charge is 0.257 e. The van der Waals surface area contributed by atoms with Crippen molar-refractivity contribution in [3.8, 4) is 0 Å². The minimum atomic E-state index is -0.132. The first-order valence-electron chi connectivity index (χ1n) is 5.96. The Morgan fingerprint density at radius 2 is 2.20 bits per heavy atom. The fourth-order valence-electron chi connectivity index (χ4n) is 1.84. The summed E-state index contributed by atoms with van der Waals surface area (Å²) >= 11 is 0. The van der Waals surface area contributed by atoms with Crippen molar-refractivity contribution in [2.75, 3.05) is 7.05 Å². The Kier molecular flexibility index (Phi) is 4.05. The molecule has 104 valence electrons. The van der Waals surface area contributed by atoms with Crippen molar-refractivity contribution in [2.24, 2.45) is 10.9 Å². The van der Waals surface area contributed by atoms with Gasteiger partial charge in [-0.05, 0) is 17.7 Å². The number of oxime groups is 1. The van der Waals surface area contributed by atoms with Crippen LogP contribution >= 0.6 is 0 Å². The Morgan fingerprint density at radius 3 is 2.85 bits per heavy atom. The zero-order valence-electron chi connectivity index (χ0n) is 11.0. The summed E-state index contributed by atoms with van der Waals surface area (Å²) in [4.78, 5) is 13.6. The minimum absolute atomic E-state index is 0.0377. The van der Waals surface area contributed by atoms with E-state index >= 15 is 0 Å². The second kappa shape index (κ2) is 5.92. The number of carbonyl (C=O) groups excluding carboxylic acids is 1. The van der Waals surface area contributed by atoms with Crippen LogP contribution in [0.5, 0.6) is 0 Å². The molecule has 0 spiro atoms. The fraction of sp³-hybridized carbons (Fsp3) is 0.143. The van der Waals surface area contributed by atoms with Gasteiger partial charge in [0.25, 0.3) is 5.91 Å². The van der Waals surface area contributed by atoms with E-state index in [9.17, 15) is 4.79 Å². The average Bonchev–Trinajstić information content (AvgIpc) is 3.00. The van der Waals surface area contributed by atoms with Gasteiger partial charge in [-0.3, -0.25) is 4.79 Å². The zero-order valence-corrected chi connectivity index (χ0v) is 11.0. The molecule has 1 aromatic carbocycles. The van der Waals surface area contributed by atoms with Gasteiger partial charge in [0.05, 0.1) is 11.8 Å². The highest BCUT2D eigenvalue weighted by Crippen LogP contribution is 2.11. The Bertz CT molecular complexity index is 620. The van der Waals surface area contributed by atoms with Crippen molar-refractivity contribution in [1.29, 1.82) is 0 Å². The van der Waals surface area contributed by atoms with Crippen LogP contribution in [0.25, 0.3) is 0 Å². The third kappa shape index (κ3) is 2.97. The predicted molar refractivity (Wildman–Crippen MR) is 73.5 cm³/mol. The highest BCUT2D eigenvalue weighted by Gasteiger charge is 2.13. The molecule has 0 fully saturated rings. The number of benzene rings is 1. The van der Waals surface area contributed by atoms with E-state index in [1.807, 2.05) is 6.07 Å². The first kappa shape index (κ1) is 13.7. The van der Waals surface area contributed by atoms with Crippen LogP contribution in [0.4, 0.5) is 0 Å². The van der Waals surface area contributed by atoms with E-state index in [0.29, 0.717) is 17.7 Å². The summed E-state index contributed by atoms with van der Waals surface area (Å²) in [7, 11) is 1.70. The summed E-state index contributed by atoms with van der Waals surface area (Å²) in [5.74, 6) is -0.0939. The molecule has 3 N–H and O–H groups in total. The maximum absolute atomic E-state index is 12.1. The molecule has 2 aromatic rings. The van der Waals surface area contributed by atoms with Crippen LogP contribution in [0.1, 0.15) is 21.5 Å². The molecule has 6 heteroatoms. The Labute approximate surface area is 116 Å². The first-order valence-corrected chi connectivity index (χ1v) is 5.96. The summed E-state index contributed by atoms with van der Waals surface area (Å²) in [6.07, 6.45) is 2.87. The van der Waals surface area contributed by atoms with Gasteiger partial charge in [0.15, 0.2) is 5.84 Å². The van der Waals surface area contributed by atoms with Crippen LogP contribution < -0.4 is 5.73 Å². The van der Waals surface area contributed by atoms with Crippen LogP contribution in [-0.4, -0.2) is 28.9 Å². The normalized spacial score (nSPS) is 11.3. The van der Waals surface area contributed by atoms with Gasteiger partial charge in [-0.1, -0.05) is 23.4 Å². The molecule has 2 rings (SSSR count). The molecule has 1 heterocycles. The number of hydrogen-bond donors (Lipinski definition) is 2. The minimum Gasteiger partial charge on any atom is -0.472 e. The van der Waals surface area contributed by atoms with E-state index in [-0.39, 0.29) is 11.7 Å². The maximum Gasteiger partial charge on any atom is 0.257 e. The molecule has 0 unspecified atom stereocenters. The molecule has 0 bridgehead atoms. The molecule has 0 aliphatic heterocycles. The van der Waals surface area contributed by atoms with Gasteiger partial charge < -0.3 is 20.3 Å². The Morgan fingerprint density at radius 1 is 1.40 bits per heavy atom. The van der Waals surface area contributed by atoms with E-state index in [2.05, 4.69) is 5.16 Å². The summed E-state index contributed by atoms with van der Waals surface area (Å²) in [5, 5.41) is 11.6. The number of nitrogens with two attached hydrogens (primary N) is 1. The van der Waals surface area contributed by atoms with E-state index in [1.54, 1.807) is 36.2 Å². The van der Waals surface area contributed by atoms with E-state index in [1.165, 1.54) is 12.5 Å². The lowest BCUT2D eigenvalue weighted by molar-refractivity contribution is 0.0784. The molecule has 0 saturated carbocycles. The molecule has 1 aromatic heterocycles. The SMILES string of the molecule is CN(Cc1cccc(C(N)=NO)c1)C(=O)c1ccoc1. The number of furan rings is 1. The first-order chi connectivity index (χ1) is 9.61. The molecule has 20 heavy (non-hydrogen) atoms. The van der Waals surface area contributed by atoms with E-state index in [4.69, 9.17) is 15.4 Å². The third-order valence-electron chi connectivity index (χ3n) is 2.87. The Hall–Kier alpha value is -2.76. The van der Waals surface area contributed by atoms with Gasteiger partial charge in [0.1, 0.15) is 6.26 Å². The van der Waals surface area contributed by atoms with Gasteiger partial charge in [-0.2, -0.15) is 0 Å². The lowest BCUT2D eigenvalue weighted by atomic mass is 10.1. The van der Waals surface area contributed by atoms with Crippen LogP contribution in [-0.2, 0) is 6.54 Å². The van der Waals surface area contributed by atoms with Crippen molar-refractivity contribution >= 4 is 11.7 Å². The van der Waals surface area contributed by atoms with Crippen molar-refractivity contribution < 1.29 is 14.4 Å². The standard InChI is InChI=1S/C14H15N3O3/c1-17(14(18)12-5-6-20-9-12)8-10-3-2-4-11(7-10)13(15)16-19/h2-7,9,19H,8H2,1H3,(H2,15,16). The molecule has 6 nitrogen and oxygen atoms in total. The largest absolute Gasteiger partial charge is 0.472 e. The van der Waals surface area contributed by atoms with Crippen molar-refractivity contribution in [3.05, 3.63) is 59.5 Å².